The number of carbonyl (C=O) groups excluding carboxylic acids is 2. The zero-order valence-electron chi connectivity index (χ0n) is 16.9. The lowest BCUT2D eigenvalue weighted by Crippen LogP contribution is -2.40. The fraction of sp³-hybridized carbons (Fsp3) is 0.409. The van der Waals surface area contributed by atoms with Crippen LogP contribution in [-0.2, 0) is 19.1 Å². The molecule has 0 N–H and O–H groups in total. The van der Waals surface area contributed by atoms with Crippen molar-refractivity contribution in [1.82, 2.24) is 9.97 Å². The van der Waals surface area contributed by atoms with Gasteiger partial charge in [-0.25, -0.2) is 9.97 Å². The Morgan fingerprint density at radius 1 is 1.33 bits per heavy atom. The van der Waals surface area contributed by atoms with Gasteiger partial charge in [-0.15, -0.1) is 0 Å². The van der Waals surface area contributed by atoms with Crippen LogP contribution in [0.3, 0.4) is 0 Å². The average molecular weight is 408 g/mol. The third-order valence-corrected chi connectivity index (χ3v) is 4.90. The molecule has 3 rings (SSSR count). The molecule has 1 aliphatic rings. The number of ether oxygens (including phenoxy) is 2. The fourth-order valence-corrected chi connectivity index (χ4v) is 3.50. The quantitative estimate of drug-likeness (QED) is 0.509. The van der Waals surface area contributed by atoms with Crippen LogP contribution in [-0.4, -0.2) is 48.2 Å². The minimum absolute atomic E-state index is 0.00199. The summed E-state index contributed by atoms with van der Waals surface area (Å²) in [5.41, 5.74) is 1.45. The van der Waals surface area contributed by atoms with Crippen LogP contribution in [0.1, 0.15) is 31.4 Å². The average Bonchev–Trinajstić information content (AvgIpc) is 2.78. The minimum atomic E-state index is -1.24. The van der Waals surface area contributed by atoms with E-state index in [1.54, 1.807) is 13.0 Å². The number of aromatic nitrogens is 2. The van der Waals surface area contributed by atoms with E-state index in [1.807, 2.05) is 29.2 Å². The standard InChI is InChI=1S/C22H24N4O4/c1-3-12-30-22(28)16(13-23)19-20(25-18-10-6-5-9-17(18)24-19)26-11-7-8-15(14-26)21(27)29-4-2/h3,5-6,9-10,15-16H,1,4,7-8,11-12,14H2,2H3/t15-,16+/m1/s1. The monoisotopic (exact) mass is 408 g/mol. The normalized spacial score (nSPS) is 17.1. The second-order valence-corrected chi connectivity index (χ2v) is 6.94. The van der Waals surface area contributed by atoms with Gasteiger partial charge in [0.1, 0.15) is 12.3 Å². The van der Waals surface area contributed by atoms with Crippen LogP contribution >= 0.6 is 0 Å². The summed E-state index contributed by atoms with van der Waals surface area (Å²) in [5, 5.41) is 9.72. The highest BCUT2D eigenvalue weighted by Gasteiger charge is 2.33. The Morgan fingerprint density at radius 3 is 2.73 bits per heavy atom. The van der Waals surface area contributed by atoms with Crippen molar-refractivity contribution in [3.8, 4) is 6.07 Å². The van der Waals surface area contributed by atoms with Crippen molar-refractivity contribution in [2.75, 3.05) is 31.2 Å². The molecular formula is C22H24N4O4. The molecule has 0 saturated carbocycles. The maximum absolute atomic E-state index is 12.5. The van der Waals surface area contributed by atoms with E-state index in [1.165, 1.54) is 6.08 Å². The molecule has 1 aromatic carbocycles. The Morgan fingerprint density at radius 2 is 2.07 bits per heavy atom. The molecule has 2 atom stereocenters. The lowest BCUT2D eigenvalue weighted by Gasteiger charge is -2.33. The summed E-state index contributed by atoms with van der Waals surface area (Å²) < 4.78 is 10.3. The van der Waals surface area contributed by atoms with E-state index in [0.717, 1.165) is 6.42 Å². The van der Waals surface area contributed by atoms with Gasteiger partial charge in [0.25, 0.3) is 0 Å². The van der Waals surface area contributed by atoms with Gasteiger partial charge >= 0.3 is 11.9 Å². The third-order valence-electron chi connectivity index (χ3n) is 4.90. The number of benzene rings is 1. The van der Waals surface area contributed by atoms with Gasteiger partial charge in [-0.1, -0.05) is 24.8 Å². The van der Waals surface area contributed by atoms with Crippen molar-refractivity contribution in [2.24, 2.45) is 5.92 Å². The molecule has 1 aromatic heterocycles. The summed E-state index contributed by atoms with van der Waals surface area (Å²) >= 11 is 0. The van der Waals surface area contributed by atoms with E-state index >= 15 is 0 Å². The summed E-state index contributed by atoms with van der Waals surface area (Å²) in [6.07, 6.45) is 2.91. The van der Waals surface area contributed by atoms with Crippen molar-refractivity contribution in [2.45, 2.75) is 25.7 Å². The number of hydrogen-bond donors (Lipinski definition) is 0. The molecule has 0 unspecified atom stereocenters. The van der Waals surface area contributed by atoms with Crippen LogP contribution in [0.5, 0.6) is 0 Å². The second kappa shape index (κ2) is 9.83. The lowest BCUT2D eigenvalue weighted by atomic mass is 9.97. The fourth-order valence-electron chi connectivity index (χ4n) is 3.50. The highest BCUT2D eigenvalue weighted by Crippen LogP contribution is 2.31. The number of piperidine rings is 1. The van der Waals surface area contributed by atoms with Crippen LogP contribution in [0.25, 0.3) is 11.0 Å². The van der Waals surface area contributed by atoms with Gasteiger partial charge in [-0.3, -0.25) is 9.59 Å². The van der Waals surface area contributed by atoms with E-state index in [2.05, 4.69) is 11.6 Å². The topological polar surface area (TPSA) is 105 Å². The van der Waals surface area contributed by atoms with Crippen LogP contribution in [0, 0.1) is 17.2 Å². The Labute approximate surface area is 175 Å². The summed E-state index contributed by atoms with van der Waals surface area (Å²) in [6, 6.07) is 9.25. The van der Waals surface area contributed by atoms with Crippen LogP contribution < -0.4 is 4.90 Å². The number of para-hydroxylation sites is 2. The van der Waals surface area contributed by atoms with E-state index < -0.39 is 11.9 Å². The number of esters is 2. The van der Waals surface area contributed by atoms with E-state index in [-0.39, 0.29) is 24.2 Å². The first-order valence-electron chi connectivity index (χ1n) is 9.94. The molecule has 1 saturated heterocycles. The van der Waals surface area contributed by atoms with Crippen LogP contribution in [0.15, 0.2) is 36.9 Å². The minimum Gasteiger partial charge on any atom is -0.466 e. The first-order valence-corrected chi connectivity index (χ1v) is 9.94. The molecular weight excluding hydrogens is 384 g/mol. The number of anilines is 1. The molecule has 1 aliphatic heterocycles. The second-order valence-electron chi connectivity index (χ2n) is 6.94. The number of nitriles is 1. The Bertz CT molecular complexity index is 985. The van der Waals surface area contributed by atoms with E-state index in [0.29, 0.717) is 43.0 Å². The predicted molar refractivity (Wildman–Crippen MR) is 111 cm³/mol. The lowest BCUT2D eigenvalue weighted by molar-refractivity contribution is -0.148. The number of hydrogen-bond acceptors (Lipinski definition) is 8. The van der Waals surface area contributed by atoms with E-state index in [4.69, 9.17) is 14.5 Å². The highest BCUT2D eigenvalue weighted by molar-refractivity contribution is 5.85. The smallest absolute Gasteiger partial charge is 0.330 e. The summed E-state index contributed by atoms with van der Waals surface area (Å²) in [7, 11) is 0. The molecule has 8 nitrogen and oxygen atoms in total. The van der Waals surface area contributed by atoms with Gasteiger partial charge in [-0.2, -0.15) is 5.26 Å². The summed E-state index contributed by atoms with van der Waals surface area (Å²) in [5.74, 6) is -2.07. The third kappa shape index (κ3) is 4.57. The van der Waals surface area contributed by atoms with Crippen LogP contribution in [0.2, 0.25) is 0 Å². The molecule has 30 heavy (non-hydrogen) atoms. The molecule has 1 fully saturated rings. The molecule has 0 radical (unpaired) electrons. The van der Waals surface area contributed by atoms with Crippen molar-refractivity contribution < 1.29 is 19.1 Å². The van der Waals surface area contributed by atoms with Crippen molar-refractivity contribution in [1.29, 1.82) is 5.26 Å². The first kappa shape index (κ1) is 21.2. The zero-order chi connectivity index (χ0) is 21.5. The molecule has 0 amide bonds. The van der Waals surface area contributed by atoms with Gasteiger partial charge in [0.2, 0.25) is 0 Å². The molecule has 0 spiro atoms. The van der Waals surface area contributed by atoms with Gasteiger partial charge in [-0.05, 0) is 31.9 Å². The Kier molecular flexibility index (Phi) is 6.96. The zero-order valence-corrected chi connectivity index (χ0v) is 16.9. The van der Waals surface area contributed by atoms with Crippen molar-refractivity contribution in [3.05, 3.63) is 42.6 Å². The largest absolute Gasteiger partial charge is 0.466 e. The van der Waals surface area contributed by atoms with Gasteiger partial charge in [0, 0.05) is 13.1 Å². The Hall–Kier alpha value is -3.47. The summed E-state index contributed by atoms with van der Waals surface area (Å²) in [6.45, 7) is 6.64. The number of nitrogens with zero attached hydrogens (tertiary/aromatic N) is 4. The molecule has 0 bridgehead atoms. The summed E-state index contributed by atoms with van der Waals surface area (Å²) in [4.78, 5) is 36.0. The maximum atomic E-state index is 12.5. The van der Waals surface area contributed by atoms with Gasteiger partial charge < -0.3 is 14.4 Å². The van der Waals surface area contributed by atoms with E-state index in [9.17, 15) is 14.9 Å². The maximum Gasteiger partial charge on any atom is 0.330 e. The highest BCUT2D eigenvalue weighted by atomic mass is 16.5. The number of fused-ring (bicyclic) bond motifs is 1. The molecule has 156 valence electrons. The number of rotatable bonds is 7. The van der Waals surface area contributed by atoms with Crippen molar-refractivity contribution >= 4 is 28.8 Å². The SMILES string of the molecule is C=CCOC(=O)[C@@H](C#N)c1nc2ccccc2nc1N1CCC[C@@H](C(=O)OCC)C1. The van der Waals surface area contributed by atoms with Crippen molar-refractivity contribution in [3.63, 3.8) is 0 Å². The molecule has 0 aliphatic carbocycles. The first-order chi connectivity index (χ1) is 14.6. The molecule has 2 aromatic rings. The van der Waals surface area contributed by atoms with Gasteiger partial charge in [0.05, 0.1) is 29.6 Å². The Balaban J connectivity index is 2.02. The molecule has 2 heterocycles. The number of carbonyl (C=O) groups is 2. The predicted octanol–water partition coefficient (Wildman–Crippen LogP) is 2.75. The van der Waals surface area contributed by atoms with Gasteiger partial charge in [0.15, 0.2) is 11.7 Å². The van der Waals surface area contributed by atoms with Crippen LogP contribution in [0.4, 0.5) is 5.82 Å². The molecule has 8 heteroatoms.